The molecule has 0 aliphatic carbocycles. The summed E-state index contributed by atoms with van der Waals surface area (Å²) in [5.41, 5.74) is 5.62. The Morgan fingerprint density at radius 3 is 2.29 bits per heavy atom. The lowest BCUT2D eigenvalue weighted by molar-refractivity contribution is 0.0955. The van der Waals surface area contributed by atoms with Gasteiger partial charge in [0.2, 0.25) is 10.0 Å². The van der Waals surface area contributed by atoms with Gasteiger partial charge in [0.25, 0.3) is 5.91 Å². The minimum absolute atomic E-state index is 0.125. The minimum atomic E-state index is -3.58. The van der Waals surface area contributed by atoms with Crippen molar-refractivity contribution >= 4 is 51.0 Å². The van der Waals surface area contributed by atoms with Gasteiger partial charge in [-0.3, -0.25) is 9.10 Å². The average Bonchev–Trinajstić information content (AvgIpc) is 2.96. The third kappa shape index (κ3) is 8.72. The van der Waals surface area contributed by atoms with E-state index in [2.05, 4.69) is 10.5 Å². The van der Waals surface area contributed by atoms with Crippen molar-refractivity contribution < 1.29 is 22.7 Å². The Hall–Kier alpha value is -4.05. The molecule has 0 fully saturated rings. The maximum atomic E-state index is 12.7. The van der Waals surface area contributed by atoms with Crippen LogP contribution in [0.15, 0.2) is 96.1 Å². The largest absolute Gasteiger partial charge is 0.490 e. The van der Waals surface area contributed by atoms with Crippen LogP contribution in [-0.4, -0.2) is 33.4 Å². The van der Waals surface area contributed by atoms with Crippen LogP contribution in [0.25, 0.3) is 0 Å². The molecule has 11 heteroatoms. The summed E-state index contributed by atoms with van der Waals surface area (Å²) in [4.78, 5) is 12.7. The van der Waals surface area contributed by atoms with Gasteiger partial charge in [-0.2, -0.15) is 5.10 Å². The zero-order valence-electron chi connectivity index (χ0n) is 23.0. The standard InChI is InChI=1S/C31H29Cl2N3O5S/c1-3-40-30-18-23(9-16-29(30)41-21-24-5-4-6-27(33)17-24)19-34-35-31(37)25-10-14-28(15-11-25)36(42(2,38)39)20-22-7-12-26(32)13-8-22/h4-19H,3,20-21H2,1-2H3,(H,35,37)/b34-19-. The zero-order valence-corrected chi connectivity index (χ0v) is 25.3. The van der Waals surface area contributed by atoms with Crippen molar-refractivity contribution in [1.29, 1.82) is 0 Å². The Labute approximate surface area is 255 Å². The number of benzene rings is 4. The number of halogens is 2. The molecule has 4 aromatic rings. The highest BCUT2D eigenvalue weighted by Gasteiger charge is 2.18. The van der Waals surface area contributed by atoms with Crippen molar-refractivity contribution in [1.82, 2.24) is 5.43 Å². The van der Waals surface area contributed by atoms with E-state index in [9.17, 15) is 13.2 Å². The number of carbonyl (C=O) groups excluding carboxylic acids is 1. The third-order valence-electron chi connectivity index (χ3n) is 5.99. The summed E-state index contributed by atoms with van der Waals surface area (Å²) in [6, 6.07) is 25.9. The highest BCUT2D eigenvalue weighted by atomic mass is 35.5. The van der Waals surface area contributed by atoms with Gasteiger partial charge in [0.15, 0.2) is 11.5 Å². The summed E-state index contributed by atoms with van der Waals surface area (Å²) in [7, 11) is -3.58. The van der Waals surface area contributed by atoms with Gasteiger partial charge in [-0.1, -0.05) is 47.5 Å². The van der Waals surface area contributed by atoms with Crippen LogP contribution in [0.5, 0.6) is 11.5 Å². The lowest BCUT2D eigenvalue weighted by atomic mass is 10.2. The summed E-state index contributed by atoms with van der Waals surface area (Å²) in [5, 5.41) is 5.26. The number of sulfonamides is 1. The molecular weight excluding hydrogens is 597 g/mol. The molecule has 8 nitrogen and oxygen atoms in total. The summed E-state index contributed by atoms with van der Waals surface area (Å²) < 4.78 is 37.9. The molecule has 42 heavy (non-hydrogen) atoms. The molecule has 1 N–H and O–H groups in total. The normalized spacial score (nSPS) is 11.3. The number of carbonyl (C=O) groups is 1. The first-order valence-corrected chi connectivity index (χ1v) is 15.5. The molecule has 218 valence electrons. The molecule has 0 radical (unpaired) electrons. The number of anilines is 1. The molecule has 0 atom stereocenters. The Balaban J connectivity index is 1.39. The van der Waals surface area contributed by atoms with Crippen LogP contribution in [0.2, 0.25) is 10.0 Å². The number of rotatable bonds is 12. The maximum absolute atomic E-state index is 12.7. The molecule has 0 heterocycles. The highest BCUT2D eigenvalue weighted by molar-refractivity contribution is 7.92. The van der Waals surface area contributed by atoms with E-state index in [1.165, 1.54) is 10.5 Å². The van der Waals surface area contributed by atoms with Crippen LogP contribution < -0.4 is 19.2 Å². The predicted molar refractivity (Wildman–Crippen MR) is 167 cm³/mol. The number of amides is 1. The summed E-state index contributed by atoms with van der Waals surface area (Å²) in [5.74, 6) is 0.657. The molecule has 0 saturated heterocycles. The predicted octanol–water partition coefficient (Wildman–Crippen LogP) is 6.70. The minimum Gasteiger partial charge on any atom is -0.490 e. The van der Waals surface area contributed by atoms with E-state index in [1.807, 2.05) is 25.1 Å². The molecule has 0 aliphatic heterocycles. The number of nitrogens with zero attached hydrogens (tertiary/aromatic N) is 2. The SMILES string of the molecule is CCOc1cc(/C=N\NC(=O)c2ccc(N(Cc3ccc(Cl)cc3)S(C)(=O)=O)cc2)ccc1OCc1cccc(Cl)c1. The van der Waals surface area contributed by atoms with Crippen LogP contribution in [0, 0.1) is 0 Å². The number of hydrazone groups is 1. The van der Waals surface area contributed by atoms with Gasteiger partial charge in [0, 0.05) is 15.6 Å². The smallest absolute Gasteiger partial charge is 0.271 e. The van der Waals surface area contributed by atoms with Crippen LogP contribution in [-0.2, 0) is 23.2 Å². The van der Waals surface area contributed by atoms with E-state index >= 15 is 0 Å². The zero-order chi connectivity index (χ0) is 30.1. The first kappa shape index (κ1) is 30.9. The van der Waals surface area contributed by atoms with Gasteiger partial charge in [-0.25, -0.2) is 13.8 Å². The van der Waals surface area contributed by atoms with Gasteiger partial charge in [0.05, 0.1) is 31.3 Å². The fourth-order valence-corrected chi connectivity index (χ4v) is 5.17. The maximum Gasteiger partial charge on any atom is 0.271 e. The molecule has 4 aromatic carbocycles. The van der Waals surface area contributed by atoms with Crippen molar-refractivity contribution in [3.63, 3.8) is 0 Å². The van der Waals surface area contributed by atoms with Crippen molar-refractivity contribution in [3.8, 4) is 11.5 Å². The van der Waals surface area contributed by atoms with Crippen molar-refractivity contribution in [2.24, 2.45) is 5.10 Å². The van der Waals surface area contributed by atoms with Crippen LogP contribution in [0.1, 0.15) is 34.0 Å². The molecule has 0 saturated carbocycles. The van der Waals surface area contributed by atoms with E-state index in [0.29, 0.717) is 51.6 Å². The van der Waals surface area contributed by atoms with Gasteiger partial charge < -0.3 is 9.47 Å². The first-order chi connectivity index (χ1) is 20.1. The van der Waals surface area contributed by atoms with Crippen molar-refractivity contribution in [2.75, 3.05) is 17.2 Å². The Bertz CT molecular complexity index is 1660. The molecular formula is C31H29Cl2N3O5S. The second-order valence-electron chi connectivity index (χ2n) is 9.20. The van der Waals surface area contributed by atoms with Crippen LogP contribution in [0.4, 0.5) is 5.69 Å². The number of hydrogen-bond acceptors (Lipinski definition) is 6. The van der Waals surface area contributed by atoms with E-state index in [1.54, 1.807) is 72.8 Å². The summed E-state index contributed by atoms with van der Waals surface area (Å²) in [6.45, 7) is 2.77. The van der Waals surface area contributed by atoms with Gasteiger partial charge in [-0.15, -0.1) is 0 Å². The Morgan fingerprint density at radius 2 is 1.62 bits per heavy atom. The lowest BCUT2D eigenvalue weighted by Gasteiger charge is -2.22. The highest BCUT2D eigenvalue weighted by Crippen LogP contribution is 2.29. The van der Waals surface area contributed by atoms with Crippen LogP contribution in [0.3, 0.4) is 0 Å². The number of nitrogens with one attached hydrogen (secondary N) is 1. The van der Waals surface area contributed by atoms with Crippen molar-refractivity contribution in [2.45, 2.75) is 20.1 Å². The van der Waals surface area contributed by atoms with E-state index in [-0.39, 0.29) is 6.54 Å². The van der Waals surface area contributed by atoms with Gasteiger partial charge in [-0.05, 0) is 90.3 Å². The number of ether oxygens (including phenoxy) is 2. The second kappa shape index (κ2) is 14.2. The molecule has 0 aliphatic rings. The molecule has 0 aromatic heterocycles. The Morgan fingerprint density at radius 1 is 0.881 bits per heavy atom. The quantitative estimate of drug-likeness (QED) is 0.139. The first-order valence-electron chi connectivity index (χ1n) is 12.9. The van der Waals surface area contributed by atoms with E-state index < -0.39 is 15.9 Å². The van der Waals surface area contributed by atoms with E-state index in [0.717, 1.165) is 17.4 Å². The lowest BCUT2D eigenvalue weighted by Crippen LogP contribution is -2.29. The molecule has 0 unspecified atom stereocenters. The third-order valence-corrected chi connectivity index (χ3v) is 7.62. The fourth-order valence-electron chi connectivity index (χ4n) is 3.95. The molecule has 4 rings (SSSR count). The van der Waals surface area contributed by atoms with Gasteiger partial charge >= 0.3 is 0 Å². The van der Waals surface area contributed by atoms with Crippen LogP contribution >= 0.6 is 23.2 Å². The van der Waals surface area contributed by atoms with E-state index in [4.69, 9.17) is 32.7 Å². The molecule has 0 bridgehead atoms. The topological polar surface area (TPSA) is 97.3 Å². The summed E-state index contributed by atoms with van der Waals surface area (Å²) in [6.07, 6.45) is 2.63. The fraction of sp³-hybridized carbons (Fsp3) is 0.161. The summed E-state index contributed by atoms with van der Waals surface area (Å²) >= 11 is 12.0. The molecule has 1 amide bonds. The average molecular weight is 627 g/mol. The van der Waals surface area contributed by atoms with Gasteiger partial charge in [0.1, 0.15) is 6.61 Å². The van der Waals surface area contributed by atoms with Crippen molar-refractivity contribution in [3.05, 3.63) is 123 Å². The monoisotopic (exact) mass is 625 g/mol. The molecule has 0 spiro atoms. The number of hydrogen-bond donors (Lipinski definition) is 1. The second-order valence-corrected chi connectivity index (χ2v) is 12.0. The Kier molecular flexibility index (Phi) is 10.5.